The lowest BCUT2D eigenvalue weighted by Crippen LogP contribution is -2.23. The number of carbonyl (C=O) groups is 2. The maximum atomic E-state index is 13.4. The lowest BCUT2D eigenvalue weighted by molar-refractivity contribution is -0.139. The molecule has 0 N–H and O–H groups in total. The molecule has 1 fully saturated rings. The van der Waals surface area contributed by atoms with Crippen molar-refractivity contribution in [2.24, 2.45) is 17.3 Å². The van der Waals surface area contributed by atoms with Crippen LogP contribution in [0.25, 0.3) is 0 Å². The summed E-state index contributed by atoms with van der Waals surface area (Å²) in [6.45, 7) is 22.9. The molecule has 0 aliphatic heterocycles. The van der Waals surface area contributed by atoms with Crippen molar-refractivity contribution in [3.05, 3.63) is 40.5 Å². The molecule has 4 nitrogen and oxygen atoms in total. The highest BCUT2D eigenvalue weighted by atomic mass is 16.5. The van der Waals surface area contributed by atoms with Gasteiger partial charge in [0.25, 0.3) is 0 Å². The molecule has 2 atom stereocenters. The van der Waals surface area contributed by atoms with Crippen molar-refractivity contribution in [3.63, 3.8) is 0 Å². The monoisotopic (exact) mass is 428 g/mol. The molecule has 1 aliphatic rings. The molecule has 0 bridgehead atoms. The number of hydrogen-bond acceptors (Lipinski definition) is 4. The highest BCUT2D eigenvalue weighted by molar-refractivity contribution is 5.88. The molecule has 31 heavy (non-hydrogen) atoms. The van der Waals surface area contributed by atoms with E-state index in [0.29, 0.717) is 17.9 Å². The number of carbonyl (C=O) groups excluding carboxylic acids is 2. The topological polar surface area (TPSA) is 52.6 Å². The van der Waals surface area contributed by atoms with Gasteiger partial charge < -0.3 is 9.47 Å². The molecule has 172 valence electrons. The first-order valence-electron chi connectivity index (χ1n) is 11.2. The standard InChI is InChI=1S/C27H40O4/c1-12-30-23(28)17(3)15-18-21(27(18,10)11)24(29)31-22-19(25(4,5)6)13-16(2)14-20(22)26(7,8)9/h13-15,18,21H,12H2,1-11H3. The zero-order chi connectivity index (χ0) is 23.9. The van der Waals surface area contributed by atoms with E-state index in [2.05, 4.69) is 60.6 Å². The SMILES string of the molecule is CCOC(=O)C(C)=CC1C(C(=O)Oc2c(C(C)(C)C)cc(C)cc2C(C)(C)C)C1(C)C. The molecular formula is C27H40O4. The molecule has 2 rings (SSSR count). The predicted molar refractivity (Wildman–Crippen MR) is 125 cm³/mol. The molecule has 1 aromatic rings. The van der Waals surface area contributed by atoms with Crippen LogP contribution in [0.1, 0.15) is 85.9 Å². The average molecular weight is 429 g/mol. The number of esters is 2. The van der Waals surface area contributed by atoms with Gasteiger partial charge in [-0.25, -0.2) is 4.79 Å². The summed E-state index contributed by atoms with van der Waals surface area (Å²) in [5.41, 5.74) is 3.18. The lowest BCUT2D eigenvalue weighted by Gasteiger charge is -2.30. The Morgan fingerprint density at radius 2 is 1.52 bits per heavy atom. The van der Waals surface area contributed by atoms with E-state index in [1.54, 1.807) is 13.8 Å². The van der Waals surface area contributed by atoms with Crippen LogP contribution in [-0.4, -0.2) is 18.5 Å². The third kappa shape index (κ3) is 5.39. The average Bonchev–Trinajstić information content (AvgIpc) is 3.14. The normalized spacial score (nSPS) is 20.9. The van der Waals surface area contributed by atoms with Crippen LogP contribution < -0.4 is 4.74 Å². The van der Waals surface area contributed by atoms with E-state index in [1.165, 1.54) is 0 Å². The van der Waals surface area contributed by atoms with Crippen LogP contribution in [-0.2, 0) is 25.2 Å². The van der Waals surface area contributed by atoms with Gasteiger partial charge in [-0.2, -0.15) is 0 Å². The van der Waals surface area contributed by atoms with Gasteiger partial charge in [0.05, 0.1) is 12.5 Å². The Morgan fingerprint density at radius 3 is 1.94 bits per heavy atom. The molecule has 0 saturated heterocycles. The van der Waals surface area contributed by atoms with Crippen LogP contribution in [0.3, 0.4) is 0 Å². The van der Waals surface area contributed by atoms with E-state index < -0.39 is 0 Å². The number of aryl methyl sites for hydroxylation is 1. The third-order valence-corrected chi connectivity index (χ3v) is 6.24. The Kier molecular flexibility index (Phi) is 6.85. The smallest absolute Gasteiger partial charge is 0.333 e. The van der Waals surface area contributed by atoms with Crippen LogP contribution >= 0.6 is 0 Å². The van der Waals surface area contributed by atoms with Crippen molar-refractivity contribution in [2.75, 3.05) is 6.61 Å². The number of ether oxygens (including phenoxy) is 2. The Hall–Kier alpha value is -2.10. The maximum absolute atomic E-state index is 13.4. The first-order chi connectivity index (χ1) is 14.0. The van der Waals surface area contributed by atoms with Gasteiger partial charge in [-0.1, -0.05) is 79.2 Å². The van der Waals surface area contributed by atoms with Gasteiger partial charge in [0.2, 0.25) is 0 Å². The third-order valence-electron chi connectivity index (χ3n) is 6.24. The summed E-state index contributed by atoms with van der Waals surface area (Å²) in [5, 5.41) is 0. The molecule has 1 aromatic carbocycles. The minimum absolute atomic E-state index is 0.0500. The number of rotatable bonds is 5. The van der Waals surface area contributed by atoms with E-state index in [9.17, 15) is 9.59 Å². The van der Waals surface area contributed by atoms with Crippen LogP contribution in [0.2, 0.25) is 0 Å². The van der Waals surface area contributed by atoms with Gasteiger partial charge in [0, 0.05) is 16.7 Å². The van der Waals surface area contributed by atoms with Crippen molar-refractivity contribution in [1.82, 2.24) is 0 Å². The molecular weight excluding hydrogens is 388 g/mol. The molecule has 0 spiro atoms. The van der Waals surface area contributed by atoms with E-state index in [-0.39, 0.29) is 40.0 Å². The number of benzene rings is 1. The van der Waals surface area contributed by atoms with Gasteiger partial charge >= 0.3 is 11.9 Å². The predicted octanol–water partition coefficient (Wildman–Crippen LogP) is 6.28. The summed E-state index contributed by atoms with van der Waals surface area (Å²) < 4.78 is 11.3. The molecule has 1 aliphatic carbocycles. The summed E-state index contributed by atoms with van der Waals surface area (Å²) in [4.78, 5) is 25.4. The molecule has 0 radical (unpaired) electrons. The molecule has 0 heterocycles. The molecule has 1 saturated carbocycles. The Balaban J connectivity index is 2.42. The minimum atomic E-state index is -0.333. The minimum Gasteiger partial charge on any atom is -0.463 e. The van der Waals surface area contributed by atoms with E-state index >= 15 is 0 Å². The molecule has 2 unspecified atom stereocenters. The second-order valence-corrected chi connectivity index (χ2v) is 11.5. The molecule has 0 aromatic heterocycles. The second-order valence-electron chi connectivity index (χ2n) is 11.5. The lowest BCUT2D eigenvalue weighted by atomic mass is 9.78. The Bertz CT molecular complexity index is 856. The van der Waals surface area contributed by atoms with Crippen LogP contribution in [0.15, 0.2) is 23.8 Å². The second kappa shape index (κ2) is 8.44. The van der Waals surface area contributed by atoms with Crippen molar-refractivity contribution < 1.29 is 19.1 Å². The highest BCUT2D eigenvalue weighted by Gasteiger charge is 2.62. The summed E-state index contributed by atoms with van der Waals surface area (Å²) in [5.74, 6) is -0.225. The largest absolute Gasteiger partial charge is 0.463 e. The number of allylic oxidation sites excluding steroid dienone is 1. The Morgan fingerprint density at radius 1 is 1.03 bits per heavy atom. The van der Waals surface area contributed by atoms with Gasteiger partial charge in [-0.05, 0) is 42.9 Å². The van der Waals surface area contributed by atoms with E-state index in [0.717, 1.165) is 16.7 Å². The van der Waals surface area contributed by atoms with Crippen LogP contribution in [0, 0.1) is 24.2 Å². The van der Waals surface area contributed by atoms with Crippen molar-refractivity contribution in [3.8, 4) is 5.75 Å². The van der Waals surface area contributed by atoms with E-state index in [1.807, 2.05) is 19.9 Å². The molecule has 4 heteroatoms. The summed E-state index contributed by atoms with van der Waals surface area (Å²) in [6.07, 6.45) is 1.87. The molecule has 0 amide bonds. The first kappa shape index (κ1) is 25.2. The fraction of sp³-hybridized carbons (Fsp3) is 0.630. The van der Waals surface area contributed by atoms with Gasteiger partial charge in [-0.3, -0.25) is 4.79 Å². The van der Waals surface area contributed by atoms with Crippen LogP contribution in [0.4, 0.5) is 0 Å². The summed E-state index contributed by atoms with van der Waals surface area (Å²) in [6, 6.07) is 4.25. The first-order valence-corrected chi connectivity index (χ1v) is 11.2. The van der Waals surface area contributed by atoms with Gasteiger partial charge in [-0.15, -0.1) is 0 Å². The summed E-state index contributed by atoms with van der Waals surface area (Å²) >= 11 is 0. The van der Waals surface area contributed by atoms with Crippen molar-refractivity contribution in [2.45, 2.75) is 87.0 Å². The fourth-order valence-corrected chi connectivity index (χ4v) is 4.18. The van der Waals surface area contributed by atoms with Crippen LogP contribution in [0.5, 0.6) is 5.75 Å². The summed E-state index contributed by atoms with van der Waals surface area (Å²) in [7, 11) is 0. The van der Waals surface area contributed by atoms with Crippen molar-refractivity contribution in [1.29, 1.82) is 0 Å². The zero-order valence-corrected chi connectivity index (χ0v) is 21.2. The van der Waals surface area contributed by atoms with Crippen molar-refractivity contribution >= 4 is 11.9 Å². The van der Waals surface area contributed by atoms with E-state index in [4.69, 9.17) is 9.47 Å². The quantitative estimate of drug-likeness (QED) is 0.315. The van der Waals surface area contributed by atoms with Gasteiger partial charge in [0.15, 0.2) is 0 Å². The van der Waals surface area contributed by atoms with Gasteiger partial charge in [0.1, 0.15) is 5.75 Å². The number of hydrogen-bond donors (Lipinski definition) is 0. The maximum Gasteiger partial charge on any atom is 0.333 e. The Labute approximate surface area is 188 Å². The fourth-order valence-electron chi connectivity index (χ4n) is 4.18. The zero-order valence-electron chi connectivity index (χ0n) is 21.2. The highest BCUT2D eigenvalue weighted by Crippen LogP contribution is 2.60.